The van der Waals surface area contributed by atoms with Crippen molar-refractivity contribution in [2.24, 2.45) is 5.92 Å². The molecule has 1 aromatic rings. The van der Waals surface area contributed by atoms with E-state index < -0.39 is 5.97 Å². The van der Waals surface area contributed by atoms with Gasteiger partial charge < -0.3 is 20.1 Å². The third-order valence-electron chi connectivity index (χ3n) is 3.90. The second kappa shape index (κ2) is 7.85. The zero-order valence-corrected chi connectivity index (χ0v) is 13.6. The lowest BCUT2D eigenvalue weighted by Gasteiger charge is -2.30. The number of carboxylic acids is 1. The molecule has 0 unspecified atom stereocenters. The Morgan fingerprint density at radius 1 is 1.30 bits per heavy atom. The molecule has 0 bridgehead atoms. The Bertz CT molecular complexity index is 551. The van der Waals surface area contributed by atoms with Gasteiger partial charge in [-0.3, -0.25) is 4.79 Å². The molecular formula is C17H24N2O4. The van der Waals surface area contributed by atoms with E-state index in [1.807, 2.05) is 38.1 Å². The summed E-state index contributed by atoms with van der Waals surface area (Å²) < 4.78 is 5.73. The highest BCUT2D eigenvalue weighted by molar-refractivity contribution is 5.75. The van der Waals surface area contributed by atoms with E-state index in [0.29, 0.717) is 32.5 Å². The average molecular weight is 320 g/mol. The number of urea groups is 1. The monoisotopic (exact) mass is 320 g/mol. The van der Waals surface area contributed by atoms with Crippen LogP contribution in [0.1, 0.15) is 32.3 Å². The summed E-state index contributed by atoms with van der Waals surface area (Å²) in [6, 6.07) is 7.47. The molecule has 126 valence electrons. The number of piperidine rings is 1. The minimum Gasteiger partial charge on any atom is -0.491 e. The number of carbonyl (C=O) groups is 2. The summed E-state index contributed by atoms with van der Waals surface area (Å²) in [5.41, 5.74) is 0.926. The van der Waals surface area contributed by atoms with Gasteiger partial charge in [0.05, 0.1) is 12.0 Å². The Morgan fingerprint density at radius 3 is 2.57 bits per heavy atom. The van der Waals surface area contributed by atoms with Crippen molar-refractivity contribution < 1.29 is 19.4 Å². The van der Waals surface area contributed by atoms with Crippen LogP contribution in [0, 0.1) is 5.92 Å². The maximum Gasteiger partial charge on any atom is 0.317 e. The van der Waals surface area contributed by atoms with Crippen molar-refractivity contribution in [1.82, 2.24) is 10.2 Å². The molecule has 0 aromatic heterocycles. The summed E-state index contributed by atoms with van der Waals surface area (Å²) in [4.78, 5) is 24.8. The van der Waals surface area contributed by atoms with E-state index in [1.165, 1.54) is 0 Å². The fourth-order valence-electron chi connectivity index (χ4n) is 2.63. The van der Waals surface area contributed by atoms with Crippen molar-refractivity contribution in [2.75, 3.05) is 13.1 Å². The molecular weight excluding hydrogens is 296 g/mol. The molecule has 0 aliphatic carbocycles. The molecule has 1 aromatic carbocycles. The second-order valence-corrected chi connectivity index (χ2v) is 6.03. The number of para-hydroxylation sites is 1. The van der Waals surface area contributed by atoms with Crippen molar-refractivity contribution >= 4 is 12.0 Å². The van der Waals surface area contributed by atoms with Gasteiger partial charge in [0.25, 0.3) is 0 Å². The Balaban J connectivity index is 1.87. The quantitative estimate of drug-likeness (QED) is 0.873. The van der Waals surface area contributed by atoms with Gasteiger partial charge in [0.2, 0.25) is 0 Å². The molecule has 6 heteroatoms. The fourth-order valence-corrected chi connectivity index (χ4v) is 2.63. The van der Waals surface area contributed by atoms with Crippen LogP contribution in [0.15, 0.2) is 24.3 Å². The van der Waals surface area contributed by atoms with Crippen LogP contribution in [0.2, 0.25) is 0 Å². The number of amides is 2. The molecule has 1 fully saturated rings. The van der Waals surface area contributed by atoms with Gasteiger partial charge >= 0.3 is 12.0 Å². The molecule has 1 aliphatic rings. The predicted molar refractivity (Wildman–Crippen MR) is 86.4 cm³/mol. The molecule has 2 N–H and O–H groups in total. The van der Waals surface area contributed by atoms with E-state index in [4.69, 9.17) is 9.84 Å². The molecule has 6 nitrogen and oxygen atoms in total. The summed E-state index contributed by atoms with van der Waals surface area (Å²) in [5.74, 6) is -0.337. The lowest BCUT2D eigenvalue weighted by atomic mass is 9.97. The number of nitrogens with zero attached hydrogens (tertiary/aromatic N) is 1. The van der Waals surface area contributed by atoms with Crippen LogP contribution < -0.4 is 10.1 Å². The van der Waals surface area contributed by atoms with Gasteiger partial charge in [0, 0.05) is 25.2 Å². The van der Waals surface area contributed by atoms with E-state index in [-0.39, 0.29) is 18.1 Å². The van der Waals surface area contributed by atoms with Crippen LogP contribution in [0.4, 0.5) is 4.79 Å². The number of likely N-dealkylation sites (tertiary alicyclic amines) is 1. The van der Waals surface area contributed by atoms with E-state index in [9.17, 15) is 9.59 Å². The number of nitrogens with one attached hydrogen (secondary N) is 1. The standard InChI is InChI=1S/C17H24N2O4/c1-12(2)23-15-6-4-3-5-14(15)11-18-17(22)19-9-7-13(8-10-19)16(20)21/h3-6,12-13H,7-11H2,1-2H3,(H,18,22)(H,20,21). The third kappa shape index (κ3) is 4.87. The van der Waals surface area contributed by atoms with E-state index in [2.05, 4.69) is 5.32 Å². The molecule has 0 spiro atoms. The van der Waals surface area contributed by atoms with Crippen LogP contribution in [-0.2, 0) is 11.3 Å². The number of carboxylic acid groups (broad SMARTS) is 1. The number of benzene rings is 1. The Kier molecular flexibility index (Phi) is 5.84. The maximum atomic E-state index is 12.2. The summed E-state index contributed by atoms with van der Waals surface area (Å²) >= 11 is 0. The van der Waals surface area contributed by atoms with E-state index >= 15 is 0 Å². The van der Waals surface area contributed by atoms with Gasteiger partial charge in [-0.25, -0.2) is 4.79 Å². The zero-order chi connectivity index (χ0) is 16.8. The first-order chi connectivity index (χ1) is 11.0. The van der Waals surface area contributed by atoms with Crippen molar-refractivity contribution in [3.63, 3.8) is 0 Å². The highest BCUT2D eigenvalue weighted by Crippen LogP contribution is 2.20. The number of hydrogen-bond acceptors (Lipinski definition) is 3. The minimum absolute atomic E-state index is 0.0712. The van der Waals surface area contributed by atoms with Gasteiger partial charge in [-0.1, -0.05) is 18.2 Å². The average Bonchev–Trinajstić information content (AvgIpc) is 2.53. The first-order valence-corrected chi connectivity index (χ1v) is 7.97. The smallest absolute Gasteiger partial charge is 0.317 e. The summed E-state index contributed by atoms with van der Waals surface area (Å²) in [7, 11) is 0. The van der Waals surface area contributed by atoms with Crippen molar-refractivity contribution in [3.8, 4) is 5.75 Å². The third-order valence-corrected chi connectivity index (χ3v) is 3.90. The number of ether oxygens (including phenoxy) is 1. The molecule has 1 heterocycles. The first-order valence-electron chi connectivity index (χ1n) is 7.97. The highest BCUT2D eigenvalue weighted by atomic mass is 16.5. The summed E-state index contributed by atoms with van der Waals surface area (Å²) in [5, 5.41) is 11.9. The normalized spacial score (nSPS) is 15.5. The molecule has 0 radical (unpaired) electrons. The SMILES string of the molecule is CC(C)Oc1ccccc1CNC(=O)N1CCC(C(=O)O)CC1. The number of carbonyl (C=O) groups excluding carboxylic acids is 1. The molecule has 2 amide bonds. The summed E-state index contributed by atoms with van der Waals surface area (Å²) in [6.07, 6.45) is 1.09. The van der Waals surface area contributed by atoms with Gasteiger partial charge in [-0.15, -0.1) is 0 Å². The molecule has 0 atom stereocenters. The summed E-state index contributed by atoms with van der Waals surface area (Å²) in [6.45, 7) is 5.27. The Labute approximate surface area is 136 Å². The second-order valence-electron chi connectivity index (χ2n) is 6.03. The molecule has 1 aliphatic heterocycles. The number of rotatable bonds is 5. The lowest BCUT2D eigenvalue weighted by Crippen LogP contribution is -2.45. The maximum absolute atomic E-state index is 12.2. The molecule has 23 heavy (non-hydrogen) atoms. The Morgan fingerprint density at radius 2 is 1.96 bits per heavy atom. The highest BCUT2D eigenvalue weighted by Gasteiger charge is 2.26. The van der Waals surface area contributed by atoms with Gasteiger partial charge in [-0.2, -0.15) is 0 Å². The molecule has 0 saturated carbocycles. The number of aliphatic carboxylic acids is 1. The Hall–Kier alpha value is -2.24. The predicted octanol–water partition coefficient (Wildman–Crippen LogP) is 2.48. The van der Waals surface area contributed by atoms with Gasteiger partial charge in [0.1, 0.15) is 5.75 Å². The van der Waals surface area contributed by atoms with Crippen molar-refractivity contribution in [1.29, 1.82) is 0 Å². The fraction of sp³-hybridized carbons (Fsp3) is 0.529. The van der Waals surface area contributed by atoms with Crippen LogP contribution in [-0.4, -0.2) is 41.2 Å². The van der Waals surface area contributed by atoms with Crippen LogP contribution >= 0.6 is 0 Å². The van der Waals surface area contributed by atoms with Crippen molar-refractivity contribution in [2.45, 2.75) is 39.3 Å². The largest absolute Gasteiger partial charge is 0.491 e. The zero-order valence-electron chi connectivity index (χ0n) is 13.6. The lowest BCUT2D eigenvalue weighted by molar-refractivity contribution is -0.143. The topological polar surface area (TPSA) is 78.9 Å². The van der Waals surface area contributed by atoms with Crippen molar-refractivity contribution in [3.05, 3.63) is 29.8 Å². The van der Waals surface area contributed by atoms with E-state index in [1.54, 1.807) is 4.90 Å². The van der Waals surface area contributed by atoms with Crippen LogP contribution in [0.5, 0.6) is 5.75 Å². The van der Waals surface area contributed by atoms with E-state index in [0.717, 1.165) is 11.3 Å². The van der Waals surface area contributed by atoms with Gasteiger partial charge in [-0.05, 0) is 32.8 Å². The minimum atomic E-state index is -0.773. The van der Waals surface area contributed by atoms with Gasteiger partial charge in [0.15, 0.2) is 0 Å². The first kappa shape index (κ1) is 17.1. The molecule has 1 saturated heterocycles. The van der Waals surface area contributed by atoms with Crippen LogP contribution in [0.3, 0.4) is 0 Å². The van der Waals surface area contributed by atoms with Crippen LogP contribution in [0.25, 0.3) is 0 Å². The molecule has 2 rings (SSSR count). The number of hydrogen-bond donors (Lipinski definition) is 2.